The quantitative estimate of drug-likeness (QED) is 0.151. The lowest BCUT2D eigenvalue weighted by atomic mass is 9.90. The molecular weight excluding hydrogens is 526 g/mol. The molecule has 0 aromatic rings. The van der Waals surface area contributed by atoms with Gasteiger partial charge in [0.2, 0.25) is 17.6 Å². The van der Waals surface area contributed by atoms with Gasteiger partial charge in [-0.05, 0) is 63.7 Å². The maximum atomic E-state index is 13.7. The van der Waals surface area contributed by atoms with Gasteiger partial charge in [0.1, 0.15) is 6.23 Å². The van der Waals surface area contributed by atoms with Gasteiger partial charge in [-0.1, -0.05) is 33.6 Å². The summed E-state index contributed by atoms with van der Waals surface area (Å²) in [5, 5.41) is 32.8. The van der Waals surface area contributed by atoms with E-state index in [0.29, 0.717) is 44.5 Å². The molecule has 6 N–H and O–H groups in total. The van der Waals surface area contributed by atoms with E-state index in [2.05, 4.69) is 21.3 Å². The van der Waals surface area contributed by atoms with E-state index in [1.54, 1.807) is 18.7 Å². The summed E-state index contributed by atoms with van der Waals surface area (Å²) in [7, 11) is 0. The molecule has 1 aliphatic carbocycles. The predicted molar refractivity (Wildman–Crippen MR) is 155 cm³/mol. The van der Waals surface area contributed by atoms with Crippen molar-refractivity contribution in [2.45, 2.75) is 123 Å². The van der Waals surface area contributed by atoms with Crippen molar-refractivity contribution < 1.29 is 29.4 Å². The number of Topliss-reactive ketones (excluding diaryl/α,β-unsaturated/α-hetero) is 1. The van der Waals surface area contributed by atoms with Crippen molar-refractivity contribution >= 4 is 23.5 Å². The van der Waals surface area contributed by atoms with E-state index >= 15 is 0 Å². The molecule has 1 unspecified atom stereocenters. The van der Waals surface area contributed by atoms with Gasteiger partial charge in [-0.2, -0.15) is 0 Å². The Labute approximate surface area is 244 Å². The monoisotopic (exact) mass is 577 g/mol. The third-order valence-electron chi connectivity index (χ3n) is 8.38. The standard InChI is InChI=1S/C30H51N5O6/c1-18(2)32-28(40)26(38)21(15-20-12-13-31-22(20)17-36)33-27(39)23-11-8-14-35(23)29(41)25(19-9-6-7-10-19)34-24(37)16-30(3,4)5/h17-21,23,25,29,31,36,41H,6-16H2,1-5H3,(H,32,40)(H,33,39)(H,34,37)/b22-17+/t20-,21-,23-,25-,29?/m0/s1. The normalized spacial score (nSPS) is 25.1. The van der Waals surface area contributed by atoms with Gasteiger partial charge in [-0.25, -0.2) is 0 Å². The summed E-state index contributed by atoms with van der Waals surface area (Å²) in [4.78, 5) is 54.2. The number of carbonyl (C=O) groups is 4. The van der Waals surface area contributed by atoms with E-state index in [1.807, 2.05) is 20.8 Å². The van der Waals surface area contributed by atoms with Crippen LogP contribution in [-0.2, 0) is 19.2 Å². The van der Waals surface area contributed by atoms with E-state index < -0.39 is 42.0 Å². The van der Waals surface area contributed by atoms with E-state index in [4.69, 9.17) is 0 Å². The molecule has 3 rings (SSSR count). The van der Waals surface area contributed by atoms with Crippen LogP contribution in [0.25, 0.3) is 0 Å². The molecule has 2 heterocycles. The highest BCUT2D eigenvalue weighted by molar-refractivity contribution is 6.38. The van der Waals surface area contributed by atoms with Crippen LogP contribution in [0.15, 0.2) is 12.0 Å². The van der Waals surface area contributed by atoms with E-state index in [-0.39, 0.29) is 35.6 Å². The van der Waals surface area contributed by atoms with Crippen molar-refractivity contribution in [1.29, 1.82) is 0 Å². The number of hydrogen-bond donors (Lipinski definition) is 6. The van der Waals surface area contributed by atoms with Crippen LogP contribution in [0.3, 0.4) is 0 Å². The lowest BCUT2D eigenvalue weighted by Crippen LogP contribution is -2.60. The molecule has 2 saturated heterocycles. The highest BCUT2D eigenvalue weighted by atomic mass is 16.3. The zero-order chi connectivity index (χ0) is 30.3. The van der Waals surface area contributed by atoms with Crippen LogP contribution < -0.4 is 21.3 Å². The van der Waals surface area contributed by atoms with Gasteiger partial charge in [0.15, 0.2) is 0 Å². The molecule has 0 bridgehead atoms. The van der Waals surface area contributed by atoms with Crippen LogP contribution in [0.2, 0.25) is 0 Å². The third-order valence-corrected chi connectivity index (χ3v) is 8.38. The van der Waals surface area contributed by atoms with Gasteiger partial charge in [-0.15, -0.1) is 0 Å². The molecule has 0 radical (unpaired) electrons. The number of rotatable bonds is 12. The zero-order valence-electron chi connectivity index (χ0n) is 25.4. The topological polar surface area (TPSA) is 160 Å². The molecule has 2 aliphatic heterocycles. The van der Waals surface area contributed by atoms with Crippen molar-refractivity contribution in [1.82, 2.24) is 26.2 Å². The molecular formula is C30H51N5O6. The van der Waals surface area contributed by atoms with Gasteiger partial charge in [0.25, 0.3) is 5.91 Å². The number of aliphatic hydroxyl groups is 2. The Morgan fingerprint density at radius 3 is 2.32 bits per heavy atom. The smallest absolute Gasteiger partial charge is 0.289 e. The van der Waals surface area contributed by atoms with Gasteiger partial charge in [0, 0.05) is 37.2 Å². The SMILES string of the molecule is CC(C)NC(=O)C(=O)[C@H](C[C@@H]1CCN/C1=C/O)NC(=O)[C@@H]1CCCN1C(O)[C@@H](NC(=O)CC(C)(C)C)C1CCCC1. The maximum absolute atomic E-state index is 13.7. The number of ketones is 1. The minimum Gasteiger partial charge on any atom is -0.514 e. The van der Waals surface area contributed by atoms with E-state index in [1.165, 1.54) is 0 Å². The number of carbonyl (C=O) groups excluding carboxylic acids is 4. The van der Waals surface area contributed by atoms with Gasteiger partial charge in [-0.3, -0.25) is 24.1 Å². The molecule has 1 saturated carbocycles. The summed E-state index contributed by atoms with van der Waals surface area (Å²) in [6.07, 6.45) is 6.12. The summed E-state index contributed by atoms with van der Waals surface area (Å²) in [6, 6.07) is -2.54. The first-order valence-electron chi connectivity index (χ1n) is 15.3. The third kappa shape index (κ3) is 9.16. The largest absolute Gasteiger partial charge is 0.514 e. The van der Waals surface area contributed by atoms with Gasteiger partial charge < -0.3 is 31.5 Å². The summed E-state index contributed by atoms with van der Waals surface area (Å²) in [5.74, 6) is -2.14. The summed E-state index contributed by atoms with van der Waals surface area (Å²) in [5.41, 5.74) is 0.374. The van der Waals surface area contributed by atoms with Crippen LogP contribution >= 0.6 is 0 Å². The number of nitrogens with zero attached hydrogens (tertiary/aromatic N) is 1. The second-order valence-electron chi connectivity index (χ2n) is 13.5. The van der Waals surface area contributed by atoms with Crippen molar-refractivity contribution in [2.24, 2.45) is 17.3 Å². The fourth-order valence-corrected chi connectivity index (χ4v) is 6.43. The Balaban J connectivity index is 1.77. The molecule has 232 valence electrons. The summed E-state index contributed by atoms with van der Waals surface area (Å²) < 4.78 is 0. The Kier molecular flexibility index (Phi) is 11.6. The first-order chi connectivity index (χ1) is 19.3. The van der Waals surface area contributed by atoms with Crippen LogP contribution in [0, 0.1) is 17.3 Å². The van der Waals surface area contributed by atoms with Crippen LogP contribution in [0.5, 0.6) is 0 Å². The molecule has 0 spiro atoms. The maximum Gasteiger partial charge on any atom is 0.289 e. The van der Waals surface area contributed by atoms with Crippen molar-refractivity contribution in [3.8, 4) is 0 Å². The lowest BCUT2D eigenvalue weighted by Gasteiger charge is -2.38. The Bertz CT molecular complexity index is 971. The Morgan fingerprint density at radius 2 is 1.71 bits per heavy atom. The fraction of sp³-hybridized carbons (Fsp3) is 0.800. The first kappa shape index (κ1) is 32.8. The second kappa shape index (κ2) is 14.5. The predicted octanol–water partition coefficient (Wildman–Crippen LogP) is 1.86. The molecule has 11 nitrogen and oxygen atoms in total. The van der Waals surface area contributed by atoms with Crippen LogP contribution in [0.4, 0.5) is 0 Å². The minimum atomic E-state index is -1.09. The highest BCUT2D eigenvalue weighted by Crippen LogP contribution is 2.33. The Hall–Kier alpha value is -2.66. The summed E-state index contributed by atoms with van der Waals surface area (Å²) >= 11 is 0. The number of aliphatic hydroxyl groups excluding tert-OH is 2. The van der Waals surface area contributed by atoms with Gasteiger partial charge in [0.05, 0.1) is 24.4 Å². The van der Waals surface area contributed by atoms with Gasteiger partial charge >= 0.3 is 0 Å². The van der Waals surface area contributed by atoms with E-state index in [0.717, 1.165) is 31.9 Å². The Morgan fingerprint density at radius 1 is 1.02 bits per heavy atom. The number of hydrogen-bond acceptors (Lipinski definition) is 8. The number of amides is 3. The first-order valence-corrected chi connectivity index (χ1v) is 15.3. The number of nitrogens with one attached hydrogen (secondary N) is 4. The molecule has 3 aliphatic rings. The minimum absolute atomic E-state index is 0.117. The van der Waals surface area contributed by atoms with Crippen LogP contribution in [-0.4, -0.2) is 82.1 Å². The molecule has 3 fully saturated rings. The van der Waals surface area contributed by atoms with Crippen molar-refractivity contribution in [3.05, 3.63) is 12.0 Å². The highest BCUT2D eigenvalue weighted by Gasteiger charge is 2.43. The van der Waals surface area contributed by atoms with Crippen LogP contribution in [0.1, 0.15) is 92.4 Å². The molecule has 41 heavy (non-hydrogen) atoms. The van der Waals surface area contributed by atoms with Crippen molar-refractivity contribution in [3.63, 3.8) is 0 Å². The van der Waals surface area contributed by atoms with E-state index in [9.17, 15) is 29.4 Å². The summed E-state index contributed by atoms with van der Waals surface area (Å²) in [6.45, 7) is 10.6. The molecule has 5 atom stereocenters. The average molecular weight is 578 g/mol. The zero-order valence-corrected chi connectivity index (χ0v) is 25.4. The average Bonchev–Trinajstić information content (AvgIpc) is 3.66. The molecule has 0 aromatic carbocycles. The number of allylic oxidation sites excluding steroid dienone is 1. The van der Waals surface area contributed by atoms with Crippen molar-refractivity contribution in [2.75, 3.05) is 13.1 Å². The number of likely N-dealkylation sites (tertiary alicyclic amines) is 1. The molecule has 3 amide bonds. The molecule has 11 heteroatoms. The second-order valence-corrected chi connectivity index (χ2v) is 13.5. The molecule has 0 aromatic heterocycles. The fourth-order valence-electron chi connectivity index (χ4n) is 6.43. The lowest BCUT2D eigenvalue weighted by molar-refractivity contribution is -0.142.